The van der Waals surface area contributed by atoms with Gasteiger partial charge in [-0.3, -0.25) is 0 Å². The van der Waals surface area contributed by atoms with Crippen molar-refractivity contribution >= 4 is 58.3 Å². The number of rotatable bonds is 20. The first kappa shape index (κ1) is 36.4. The van der Waals surface area contributed by atoms with Crippen LogP contribution >= 0.6 is 24.4 Å². The van der Waals surface area contributed by atoms with Gasteiger partial charge in [0.15, 0.2) is 0 Å². The maximum Gasteiger partial charge on any atom is 2.00 e. The molecule has 180 valence electrons. The Bertz CT molecular complexity index is 337. The Morgan fingerprint density at radius 3 is 0.935 bits per heavy atom. The standard InChI is InChI=1S/2C12H25NS2.Zn/c2*1-2-3-4-5-6-7-8-9-10-11-13-12(14)15;/h2*2-11H2,1H3,(H2,13,14,15);/q;;+2/p-2. The SMILES string of the molecule is CCCCCCCCCCCNC(=S)[S-].CCCCCCCCCCCNC(=S)[S-].[Zn+2]. The Morgan fingerprint density at radius 2 is 0.710 bits per heavy atom. The molecule has 31 heavy (non-hydrogen) atoms. The van der Waals surface area contributed by atoms with Crippen molar-refractivity contribution in [1.29, 1.82) is 0 Å². The molecule has 0 radical (unpaired) electrons. The van der Waals surface area contributed by atoms with E-state index in [1.54, 1.807) is 0 Å². The summed E-state index contributed by atoms with van der Waals surface area (Å²) >= 11 is 19.0. The zero-order valence-electron chi connectivity index (χ0n) is 20.5. The van der Waals surface area contributed by atoms with E-state index in [2.05, 4.69) is 24.5 Å². The van der Waals surface area contributed by atoms with Crippen LogP contribution in [0, 0.1) is 0 Å². The fourth-order valence-electron chi connectivity index (χ4n) is 3.25. The molecule has 7 heteroatoms. The van der Waals surface area contributed by atoms with Gasteiger partial charge in [-0.15, -0.1) is 0 Å². The van der Waals surface area contributed by atoms with Gasteiger partial charge in [-0.1, -0.05) is 125 Å². The summed E-state index contributed by atoms with van der Waals surface area (Å²) in [6.07, 6.45) is 24.5. The third-order valence-electron chi connectivity index (χ3n) is 5.10. The number of unbranched alkanes of at least 4 members (excludes halogenated alkanes) is 16. The van der Waals surface area contributed by atoms with Crippen LogP contribution in [0.4, 0.5) is 0 Å². The van der Waals surface area contributed by atoms with E-state index in [-0.39, 0.29) is 19.5 Å². The summed E-state index contributed by atoms with van der Waals surface area (Å²) in [4.78, 5) is 0. The van der Waals surface area contributed by atoms with Crippen LogP contribution in [0.15, 0.2) is 0 Å². The van der Waals surface area contributed by atoms with Crippen LogP contribution in [0.3, 0.4) is 0 Å². The summed E-state index contributed by atoms with van der Waals surface area (Å²) < 4.78 is 1.02. The smallest absolute Gasteiger partial charge is 0.412 e. The van der Waals surface area contributed by atoms with Crippen molar-refractivity contribution in [3.8, 4) is 0 Å². The van der Waals surface area contributed by atoms with Crippen molar-refractivity contribution in [3.05, 3.63) is 0 Å². The van der Waals surface area contributed by atoms with Crippen LogP contribution in [0.1, 0.15) is 129 Å². The Hall–Kier alpha value is 0.843. The topological polar surface area (TPSA) is 24.1 Å². The second-order valence-electron chi connectivity index (χ2n) is 8.09. The fourth-order valence-corrected chi connectivity index (χ4v) is 3.66. The van der Waals surface area contributed by atoms with Gasteiger partial charge in [0.1, 0.15) is 0 Å². The average molecular weight is 558 g/mol. The van der Waals surface area contributed by atoms with Gasteiger partial charge in [-0.2, -0.15) is 0 Å². The molecule has 0 aliphatic carbocycles. The van der Waals surface area contributed by atoms with E-state index in [0.717, 1.165) is 13.1 Å². The minimum absolute atomic E-state index is 0. The second kappa shape index (κ2) is 33.0. The summed E-state index contributed by atoms with van der Waals surface area (Å²) in [7, 11) is 0. The van der Waals surface area contributed by atoms with E-state index >= 15 is 0 Å². The molecule has 0 aliphatic rings. The Balaban J connectivity index is -0.000000490. The monoisotopic (exact) mass is 556 g/mol. The molecule has 0 aromatic carbocycles. The molecule has 0 saturated carbocycles. The summed E-state index contributed by atoms with van der Waals surface area (Å²) in [5, 5.41) is 6.02. The molecule has 0 atom stereocenters. The molecule has 0 heterocycles. The van der Waals surface area contributed by atoms with Crippen molar-refractivity contribution in [2.24, 2.45) is 0 Å². The quantitative estimate of drug-likeness (QED) is 0.0683. The zero-order valence-corrected chi connectivity index (χ0v) is 26.7. The van der Waals surface area contributed by atoms with Crippen LogP contribution in [0.2, 0.25) is 0 Å². The Kier molecular flexibility index (Phi) is 38.8. The van der Waals surface area contributed by atoms with Gasteiger partial charge < -0.3 is 60.3 Å². The molecular weight excluding hydrogens is 510 g/mol. The molecular formula is C24H48N2S4Zn. The number of hydrogen-bond donors (Lipinski definition) is 2. The zero-order chi connectivity index (χ0) is 22.7. The normalized spacial score (nSPS) is 9.87. The molecule has 2 nitrogen and oxygen atoms in total. The Labute approximate surface area is 229 Å². The summed E-state index contributed by atoms with van der Waals surface area (Å²) in [6.45, 7) is 6.43. The molecule has 0 amide bonds. The van der Waals surface area contributed by atoms with Gasteiger partial charge in [-0.05, 0) is 12.8 Å². The summed E-state index contributed by atoms with van der Waals surface area (Å²) in [6, 6.07) is 0. The summed E-state index contributed by atoms with van der Waals surface area (Å²) in [5.74, 6) is 0. The predicted octanol–water partition coefficient (Wildman–Crippen LogP) is 7.87. The molecule has 0 spiro atoms. The summed E-state index contributed by atoms with van der Waals surface area (Å²) in [5.41, 5.74) is 0. The van der Waals surface area contributed by atoms with Crippen molar-refractivity contribution < 1.29 is 19.5 Å². The van der Waals surface area contributed by atoms with Gasteiger partial charge in [0.2, 0.25) is 0 Å². The van der Waals surface area contributed by atoms with Gasteiger partial charge >= 0.3 is 19.5 Å². The van der Waals surface area contributed by atoms with Crippen LogP contribution in [0.5, 0.6) is 0 Å². The first-order valence-corrected chi connectivity index (χ1v) is 14.1. The molecule has 0 saturated heterocycles. The minimum atomic E-state index is 0. The van der Waals surface area contributed by atoms with Crippen LogP contribution in [0.25, 0.3) is 0 Å². The number of nitrogens with one attached hydrogen (secondary N) is 2. The predicted molar refractivity (Wildman–Crippen MR) is 150 cm³/mol. The van der Waals surface area contributed by atoms with Crippen molar-refractivity contribution in [2.75, 3.05) is 13.1 Å². The van der Waals surface area contributed by atoms with E-state index in [9.17, 15) is 0 Å². The molecule has 2 N–H and O–H groups in total. The molecule has 0 fully saturated rings. The van der Waals surface area contributed by atoms with E-state index in [4.69, 9.17) is 49.7 Å². The van der Waals surface area contributed by atoms with Crippen LogP contribution in [-0.4, -0.2) is 21.7 Å². The number of thiocarbonyl (C=S) groups is 2. The fraction of sp³-hybridized carbons (Fsp3) is 0.917. The van der Waals surface area contributed by atoms with Gasteiger partial charge in [0.25, 0.3) is 0 Å². The van der Waals surface area contributed by atoms with E-state index in [1.807, 2.05) is 0 Å². The molecule has 0 rings (SSSR count). The van der Waals surface area contributed by atoms with Crippen molar-refractivity contribution in [2.45, 2.75) is 129 Å². The maximum atomic E-state index is 4.76. The largest absolute Gasteiger partial charge is 2.00 e. The number of hydrogen-bond acceptors (Lipinski definition) is 4. The molecule has 0 unspecified atom stereocenters. The van der Waals surface area contributed by atoms with E-state index < -0.39 is 0 Å². The first-order valence-electron chi connectivity index (χ1n) is 12.4. The van der Waals surface area contributed by atoms with Crippen LogP contribution < -0.4 is 10.6 Å². The van der Waals surface area contributed by atoms with E-state index in [0.29, 0.717) is 8.64 Å². The van der Waals surface area contributed by atoms with Gasteiger partial charge in [0, 0.05) is 13.1 Å². The minimum Gasteiger partial charge on any atom is -0.412 e. The first-order chi connectivity index (χ1) is 14.5. The third kappa shape index (κ3) is 41.6. The Morgan fingerprint density at radius 1 is 0.484 bits per heavy atom. The van der Waals surface area contributed by atoms with Gasteiger partial charge in [0.05, 0.1) is 0 Å². The molecule has 0 bridgehead atoms. The second-order valence-corrected chi connectivity index (χ2v) is 10.2. The van der Waals surface area contributed by atoms with Gasteiger partial charge in [-0.25, -0.2) is 0 Å². The van der Waals surface area contributed by atoms with Crippen molar-refractivity contribution in [1.82, 2.24) is 10.6 Å². The van der Waals surface area contributed by atoms with Crippen LogP contribution in [-0.2, 0) is 44.7 Å². The average Bonchev–Trinajstić information content (AvgIpc) is 2.71. The maximum absolute atomic E-state index is 4.76. The molecule has 0 aliphatic heterocycles. The molecule has 0 aromatic heterocycles. The van der Waals surface area contributed by atoms with Crippen molar-refractivity contribution in [3.63, 3.8) is 0 Å². The third-order valence-corrected chi connectivity index (χ3v) is 5.68. The van der Waals surface area contributed by atoms with E-state index in [1.165, 1.54) is 116 Å². The molecule has 0 aromatic rings.